The summed E-state index contributed by atoms with van der Waals surface area (Å²) in [6.07, 6.45) is 1.78. The van der Waals surface area contributed by atoms with Gasteiger partial charge in [-0.25, -0.2) is 8.42 Å². The summed E-state index contributed by atoms with van der Waals surface area (Å²) in [5, 5.41) is 17.7. The number of hydrogen-bond donors (Lipinski definition) is 6. The van der Waals surface area contributed by atoms with Crippen LogP contribution in [0.2, 0.25) is 0 Å². The molecule has 8 nitrogen and oxygen atoms in total. The maximum absolute atomic E-state index is 13.4. The van der Waals surface area contributed by atoms with Crippen molar-refractivity contribution in [3.8, 4) is 11.1 Å². The van der Waals surface area contributed by atoms with Crippen LogP contribution in [0.25, 0.3) is 11.1 Å². The van der Waals surface area contributed by atoms with Crippen molar-refractivity contribution < 1.29 is 8.42 Å². The Kier molecular flexibility index (Phi) is 6.30. The second-order valence-electron chi connectivity index (χ2n) is 6.71. The Balaban J connectivity index is 2.11. The van der Waals surface area contributed by atoms with Crippen LogP contribution in [-0.4, -0.2) is 26.5 Å². The maximum atomic E-state index is 13.4. The number of rotatable bonds is 6. The van der Waals surface area contributed by atoms with Gasteiger partial charge in [0.25, 0.3) is 0 Å². The third kappa shape index (κ3) is 4.53. The van der Waals surface area contributed by atoms with Gasteiger partial charge >= 0.3 is 0 Å². The van der Waals surface area contributed by atoms with E-state index in [1.54, 1.807) is 36.6 Å². The summed E-state index contributed by atoms with van der Waals surface area (Å²) < 4.78 is 27.3. The van der Waals surface area contributed by atoms with Gasteiger partial charge in [0.05, 0.1) is 18.9 Å². The van der Waals surface area contributed by atoms with E-state index in [1.165, 1.54) is 35.2 Å². The molecule has 0 unspecified atom stereocenters. The van der Waals surface area contributed by atoms with Gasteiger partial charge in [-0.05, 0) is 54.6 Å². The monoisotopic (exact) mass is 474 g/mol. The molecule has 31 heavy (non-hydrogen) atoms. The number of guanidine groups is 1. The summed E-state index contributed by atoms with van der Waals surface area (Å²) >= 11 is 2.48. The standard InChI is InChI=1S/C20H22N6O2S3/c1-10-6-12(26-20(24)25)8-14(21)17(10)11-4-3-5-13(7-11)31(27,28)16-9-15(18(22)23)30-19(16)29-2/h3-9H,21H2,1-2H3,(H3,22,23)(H4,24,25,26). The lowest BCUT2D eigenvalue weighted by Gasteiger charge is -2.14. The number of thioether (sulfide) groups is 1. The van der Waals surface area contributed by atoms with Crippen molar-refractivity contribution in [1.29, 1.82) is 10.8 Å². The number of aryl methyl sites for hydroxylation is 1. The maximum Gasteiger partial charge on any atom is 0.208 e. The number of hydrogen-bond acceptors (Lipinski definition) is 7. The average Bonchev–Trinajstić information content (AvgIpc) is 3.13. The Labute approximate surface area is 188 Å². The van der Waals surface area contributed by atoms with E-state index in [0.29, 0.717) is 31.6 Å². The highest BCUT2D eigenvalue weighted by Crippen LogP contribution is 2.39. The number of thiophene rings is 1. The van der Waals surface area contributed by atoms with E-state index in [0.717, 1.165) is 5.56 Å². The van der Waals surface area contributed by atoms with E-state index in [2.05, 4.69) is 5.32 Å². The number of anilines is 2. The third-order valence-electron chi connectivity index (χ3n) is 4.48. The average molecular weight is 475 g/mol. The molecule has 0 fully saturated rings. The molecule has 162 valence electrons. The first-order valence-electron chi connectivity index (χ1n) is 8.93. The second-order valence-corrected chi connectivity index (χ2v) is 10.8. The van der Waals surface area contributed by atoms with E-state index in [-0.39, 0.29) is 21.6 Å². The first-order valence-corrected chi connectivity index (χ1v) is 12.5. The number of sulfone groups is 1. The fourth-order valence-electron chi connectivity index (χ4n) is 3.20. The van der Waals surface area contributed by atoms with Gasteiger partial charge in [-0.2, -0.15) is 0 Å². The number of amidine groups is 1. The number of nitrogens with two attached hydrogens (primary N) is 3. The molecular formula is C20H22N6O2S3. The molecule has 0 spiro atoms. The van der Waals surface area contributed by atoms with Gasteiger partial charge in [0.2, 0.25) is 9.84 Å². The summed E-state index contributed by atoms with van der Waals surface area (Å²) in [6, 6.07) is 11.5. The molecule has 0 aliphatic carbocycles. The van der Waals surface area contributed by atoms with E-state index in [4.69, 9.17) is 28.0 Å². The zero-order valence-corrected chi connectivity index (χ0v) is 19.3. The van der Waals surface area contributed by atoms with Crippen LogP contribution in [0.15, 0.2) is 56.5 Å². The molecule has 0 amide bonds. The molecule has 0 aliphatic rings. The highest BCUT2D eigenvalue weighted by molar-refractivity contribution is 8.01. The predicted octanol–water partition coefficient (Wildman–Crippen LogP) is 3.45. The molecule has 0 aliphatic heterocycles. The van der Waals surface area contributed by atoms with E-state index >= 15 is 0 Å². The molecule has 0 atom stereocenters. The van der Waals surface area contributed by atoms with Crippen LogP contribution in [0.3, 0.4) is 0 Å². The minimum absolute atomic E-state index is 0.123. The predicted molar refractivity (Wildman–Crippen MR) is 129 cm³/mol. The quantitative estimate of drug-likeness (QED) is 0.137. The van der Waals surface area contributed by atoms with Gasteiger partial charge in [0.15, 0.2) is 5.96 Å². The largest absolute Gasteiger partial charge is 0.398 e. The minimum atomic E-state index is -3.84. The Morgan fingerprint density at radius 1 is 1.13 bits per heavy atom. The Morgan fingerprint density at radius 2 is 1.84 bits per heavy atom. The Morgan fingerprint density at radius 3 is 2.42 bits per heavy atom. The summed E-state index contributed by atoms with van der Waals surface area (Å²) in [6.45, 7) is 1.85. The first kappa shape index (κ1) is 22.7. The summed E-state index contributed by atoms with van der Waals surface area (Å²) in [5.74, 6) is -0.372. The first-order chi connectivity index (χ1) is 14.5. The Hall–Kier alpha value is -3.02. The van der Waals surface area contributed by atoms with Gasteiger partial charge in [0, 0.05) is 16.9 Å². The van der Waals surface area contributed by atoms with Crippen molar-refractivity contribution in [3.05, 3.63) is 52.9 Å². The zero-order chi connectivity index (χ0) is 22.9. The van der Waals surface area contributed by atoms with Crippen molar-refractivity contribution in [2.45, 2.75) is 20.9 Å². The van der Waals surface area contributed by atoms with Crippen LogP contribution in [0.1, 0.15) is 10.4 Å². The van der Waals surface area contributed by atoms with Crippen molar-refractivity contribution in [2.75, 3.05) is 17.3 Å². The van der Waals surface area contributed by atoms with Crippen LogP contribution < -0.4 is 22.5 Å². The van der Waals surface area contributed by atoms with Crippen molar-refractivity contribution in [3.63, 3.8) is 0 Å². The highest BCUT2D eigenvalue weighted by atomic mass is 32.2. The molecule has 1 heterocycles. The Bertz CT molecular complexity index is 1270. The lowest BCUT2D eigenvalue weighted by atomic mass is 9.98. The van der Waals surface area contributed by atoms with Crippen LogP contribution in [0.4, 0.5) is 11.4 Å². The van der Waals surface area contributed by atoms with Crippen molar-refractivity contribution in [1.82, 2.24) is 0 Å². The smallest absolute Gasteiger partial charge is 0.208 e. The molecule has 0 radical (unpaired) electrons. The van der Waals surface area contributed by atoms with Crippen molar-refractivity contribution >= 4 is 56.1 Å². The van der Waals surface area contributed by atoms with Crippen molar-refractivity contribution in [2.24, 2.45) is 11.5 Å². The number of nitrogens with one attached hydrogen (secondary N) is 3. The molecule has 3 rings (SSSR count). The second kappa shape index (κ2) is 8.61. The summed E-state index contributed by atoms with van der Waals surface area (Å²) in [4.78, 5) is 0.670. The van der Waals surface area contributed by atoms with Gasteiger partial charge in [0.1, 0.15) is 5.84 Å². The lowest BCUT2D eigenvalue weighted by Crippen LogP contribution is -2.20. The van der Waals surface area contributed by atoms with Crippen LogP contribution in [0, 0.1) is 17.7 Å². The molecule has 0 bridgehead atoms. The summed E-state index contributed by atoms with van der Waals surface area (Å²) in [7, 11) is -3.84. The molecular weight excluding hydrogens is 452 g/mol. The van der Waals surface area contributed by atoms with Crippen LogP contribution in [-0.2, 0) is 9.84 Å². The zero-order valence-electron chi connectivity index (χ0n) is 16.8. The molecule has 0 saturated carbocycles. The van der Waals surface area contributed by atoms with Gasteiger partial charge in [-0.1, -0.05) is 12.1 Å². The highest BCUT2D eigenvalue weighted by Gasteiger charge is 2.25. The number of nitrogen functional groups attached to an aromatic ring is 2. The topological polar surface area (TPSA) is 172 Å². The van der Waals surface area contributed by atoms with Gasteiger partial charge in [-0.3, -0.25) is 10.8 Å². The molecule has 1 aromatic heterocycles. The van der Waals surface area contributed by atoms with Crippen LogP contribution in [0.5, 0.6) is 0 Å². The van der Waals surface area contributed by atoms with Gasteiger partial charge < -0.3 is 22.5 Å². The van der Waals surface area contributed by atoms with E-state index in [9.17, 15) is 8.42 Å². The lowest BCUT2D eigenvalue weighted by molar-refractivity contribution is 0.595. The SMILES string of the molecule is CSc1sc(C(=N)N)cc1S(=O)(=O)c1cccc(-c2c(C)cc(NC(=N)N)cc2N)c1. The fourth-order valence-corrected chi connectivity index (χ4v) is 7.10. The third-order valence-corrected chi connectivity index (χ3v) is 8.82. The number of benzene rings is 2. The van der Waals surface area contributed by atoms with E-state index in [1.807, 2.05) is 6.92 Å². The summed E-state index contributed by atoms with van der Waals surface area (Å²) in [5.41, 5.74) is 20.3. The van der Waals surface area contributed by atoms with Gasteiger partial charge in [-0.15, -0.1) is 23.1 Å². The molecule has 11 heteroatoms. The van der Waals surface area contributed by atoms with E-state index < -0.39 is 9.84 Å². The fraction of sp³-hybridized carbons (Fsp3) is 0.100. The van der Waals surface area contributed by atoms with Crippen LogP contribution >= 0.6 is 23.1 Å². The minimum Gasteiger partial charge on any atom is -0.398 e. The molecule has 3 aromatic rings. The molecule has 2 aromatic carbocycles. The normalized spacial score (nSPS) is 11.3. The molecule has 0 saturated heterocycles. The molecule has 9 N–H and O–H groups in total.